The summed E-state index contributed by atoms with van der Waals surface area (Å²) in [6, 6.07) is -0.235. The Labute approximate surface area is 96.3 Å². The second kappa shape index (κ2) is 4.33. The van der Waals surface area contributed by atoms with Gasteiger partial charge in [-0.2, -0.15) is 0 Å². The molecule has 1 saturated carbocycles. The summed E-state index contributed by atoms with van der Waals surface area (Å²) in [5.74, 6) is 0. The first-order chi connectivity index (χ1) is 8.00. The molecule has 0 bridgehead atoms. The molecule has 1 aliphatic carbocycles. The summed E-state index contributed by atoms with van der Waals surface area (Å²) >= 11 is 0. The first-order valence-electron chi connectivity index (χ1n) is 5.60. The normalized spacial score (nSPS) is 24.8. The summed E-state index contributed by atoms with van der Waals surface area (Å²) in [6.45, 7) is 0. The van der Waals surface area contributed by atoms with E-state index in [4.69, 9.17) is 0 Å². The molecule has 0 aliphatic heterocycles. The molecule has 7 nitrogen and oxygen atoms in total. The third kappa shape index (κ3) is 2.10. The Morgan fingerprint density at radius 2 is 1.71 bits per heavy atom. The predicted octanol–water partition coefficient (Wildman–Crippen LogP) is -1.29. The fourth-order valence-corrected chi connectivity index (χ4v) is 2.21. The quantitative estimate of drug-likeness (QED) is 0.639. The van der Waals surface area contributed by atoms with Crippen molar-refractivity contribution in [2.24, 2.45) is 7.05 Å². The van der Waals surface area contributed by atoms with E-state index in [9.17, 15) is 19.5 Å². The predicted molar refractivity (Wildman–Crippen MR) is 60.1 cm³/mol. The molecule has 0 unspecified atom stereocenters. The molecule has 0 amide bonds. The van der Waals surface area contributed by atoms with Crippen LogP contribution in [0.4, 0.5) is 0 Å². The van der Waals surface area contributed by atoms with Crippen LogP contribution in [0.2, 0.25) is 0 Å². The average Bonchev–Trinajstić information content (AvgIpc) is 2.29. The first kappa shape index (κ1) is 11.8. The fourth-order valence-electron chi connectivity index (χ4n) is 2.21. The SMILES string of the molecule is Cn1c(=O)[nH]c(=O)n(C2CCC(O)CC2)c1=O. The molecule has 2 N–H and O–H groups in total. The minimum absolute atomic E-state index is 0.235. The minimum atomic E-state index is -0.702. The van der Waals surface area contributed by atoms with Gasteiger partial charge >= 0.3 is 17.1 Å². The Hall–Kier alpha value is -1.63. The van der Waals surface area contributed by atoms with Crippen molar-refractivity contribution in [1.82, 2.24) is 14.1 Å². The Morgan fingerprint density at radius 3 is 2.29 bits per heavy atom. The van der Waals surface area contributed by atoms with Crippen molar-refractivity contribution in [2.45, 2.75) is 37.8 Å². The van der Waals surface area contributed by atoms with Crippen molar-refractivity contribution >= 4 is 0 Å². The molecular formula is C10H15N3O4. The summed E-state index contributed by atoms with van der Waals surface area (Å²) < 4.78 is 1.96. The number of aliphatic hydroxyl groups is 1. The number of rotatable bonds is 1. The molecule has 1 fully saturated rings. The van der Waals surface area contributed by atoms with Gasteiger partial charge in [0.05, 0.1) is 6.10 Å². The number of hydrogen-bond acceptors (Lipinski definition) is 4. The highest BCUT2D eigenvalue weighted by Crippen LogP contribution is 2.25. The number of H-pyrrole nitrogens is 1. The summed E-state index contributed by atoms with van der Waals surface area (Å²) in [5, 5.41) is 9.38. The van der Waals surface area contributed by atoms with E-state index in [1.165, 1.54) is 7.05 Å². The number of aromatic nitrogens is 3. The maximum atomic E-state index is 11.8. The first-order valence-corrected chi connectivity index (χ1v) is 5.60. The van der Waals surface area contributed by atoms with Crippen LogP contribution in [0.5, 0.6) is 0 Å². The molecule has 0 radical (unpaired) electrons. The molecule has 0 spiro atoms. The van der Waals surface area contributed by atoms with Gasteiger partial charge in [0, 0.05) is 13.1 Å². The summed E-state index contributed by atoms with van der Waals surface area (Å²) in [5.41, 5.74) is -1.97. The molecule has 0 saturated heterocycles. The van der Waals surface area contributed by atoms with Gasteiger partial charge in [-0.3, -0.25) is 4.98 Å². The topological polar surface area (TPSA) is 97.1 Å². The monoisotopic (exact) mass is 241 g/mol. The molecule has 94 valence electrons. The number of aromatic amines is 1. The Kier molecular flexibility index (Phi) is 3.01. The molecule has 0 aromatic carbocycles. The summed E-state index contributed by atoms with van der Waals surface area (Å²) in [6.07, 6.45) is 1.93. The number of nitrogens with zero attached hydrogens (tertiary/aromatic N) is 2. The van der Waals surface area contributed by atoms with Crippen LogP contribution in [-0.2, 0) is 7.05 Å². The van der Waals surface area contributed by atoms with E-state index in [0.717, 1.165) is 9.13 Å². The van der Waals surface area contributed by atoms with E-state index in [2.05, 4.69) is 4.98 Å². The maximum absolute atomic E-state index is 11.8. The van der Waals surface area contributed by atoms with Gasteiger partial charge in [0.2, 0.25) is 0 Å². The van der Waals surface area contributed by atoms with Crippen LogP contribution in [0.25, 0.3) is 0 Å². The molecule has 7 heteroatoms. The van der Waals surface area contributed by atoms with E-state index in [-0.39, 0.29) is 12.1 Å². The highest BCUT2D eigenvalue weighted by Gasteiger charge is 2.24. The van der Waals surface area contributed by atoms with Gasteiger partial charge in [0.1, 0.15) is 0 Å². The molecule has 1 aliphatic rings. The minimum Gasteiger partial charge on any atom is -0.393 e. The van der Waals surface area contributed by atoms with Gasteiger partial charge in [-0.25, -0.2) is 23.5 Å². The van der Waals surface area contributed by atoms with Crippen molar-refractivity contribution < 1.29 is 5.11 Å². The fraction of sp³-hybridized carbons (Fsp3) is 0.700. The van der Waals surface area contributed by atoms with E-state index in [1.807, 2.05) is 0 Å². The van der Waals surface area contributed by atoms with E-state index in [0.29, 0.717) is 25.7 Å². The van der Waals surface area contributed by atoms with E-state index >= 15 is 0 Å². The van der Waals surface area contributed by atoms with Gasteiger partial charge < -0.3 is 5.11 Å². The summed E-state index contributed by atoms with van der Waals surface area (Å²) in [4.78, 5) is 36.8. The van der Waals surface area contributed by atoms with Crippen LogP contribution in [0, 0.1) is 0 Å². The van der Waals surface area contributed by atoms with Crippen LogP contribution in [0.1, 0.15) is 31.7 Å². The zero-order valence-electron chi connectivity index (χ0n) is 9.55. The Bertz CT molecular complexity index is 574. The van der Waals surface area contributed by atoms with E-state index < -0.39 is 17.1 Å². The molecule has 1 heterocycles. The van der Waals surface area contributed by atoms with Crippen LogP contribution in [0.15, 0.2) is 14.4 Å². The second-order valence-corrected chi connectivity index (χ2v) is 4.41. The van der Waals surface area contributed by atoms with Gasteiger partial charge in [-0.05, 0) is 25.7 Å². The lowest BCUT2D eigenvalue weighted by atomic mass is 9.93. The molecule has 17 heavy (non-hydrogen) atoms. The third-order valence-electron chi connectivity index (χ3n) is 3.26. The van der Waals surface area contributed by atoms with Crippen LogP contribution in [0.3, 0.4) is 0 Å². The maximum Gasteiger partial charge on any atom is 0.336 e. The highest BCUT2D eigenvalue weighted by molar-refractivity contribution is 4.82. The Morgan fingerprint density at radius 1 is 1.12 bits per heavy atom. The van der Waals surface area contributed by atoms with Crippen molar-refractivity contribution in [2.75, 3.05) is 0 Å². The van der Waals surface area contributed by atoms with Gasteiger partial charge in [0.15, 0.2) is 0 Å². The van der Waals surface area contributed by atoms with Gasteiger partial charge in [-0.15, -0.1) is 0 Å². The second-order valence-electron chi connectivity index (χ2n) is 4.41. The lowest BCUT2D eigenvalue weighted by Gasteiger charge is -2.26. The molecular weight excluding hydrogens is 226 g/mol. The van der Waals surface area contributed by atoms with Crippen LogP contribution < -0.4 is 17.1 Å². The Balaban J connectivity index is 2.46. The molecule has 0 atom stereocenters. The van der Waals surface area contributed by atoms with Crippen molar-refractivity contribution in [3.63, 3.8) is 0 Å². The number of nitrogens with one attached hydrogen (secondary N) is 1. The van der Waals surface area contributed by atoms with E-state index in [1.54, 1.807) is 0 Å². The smallest absolute Gasteiger partial charge is 0.336 e. The zero-order valence-corrected chi connectivity index (χ0v) is 9.55. The van der Waals surface area contributed by atoms with Crippen LogP contribution in [-0.4, -0.2) is 25.3 Å². The average molecular weight is 241 g/mol. The van der Waals surface area contributed by atoms with Crippen molar-refractivity contribution in [3.8, 4) is 0 Å². The summed E-state index contributed by atoms with van der Waals surface area (Å²) in [7, 11) is 1.33. The number of hydrogen-bond donors (Lipinski definition) is 2. The lowest BCUT2D eigenvalue weighted by molar-refractivity contribution is 0.108. The standard InChI is InChI=1S/C10H15N3O4/c1-12-8(15)11-9(16)13(10(12)17)6-2-4-7(14)5-3-6/h6-7,14H,2-5H2,1H3,(H,11,15,16). The van der Waals surface area contributed by atoms with Gasteiger partial charge in [-0.1, -0.05) is 0 Å². The lowest BCUT2D eigenvalue weighted by Crippen LogP contribution is -2.50. The molecule has 1 aromatic heterocycles. The largest absolute Gasteiger partial charge is 0.393 e. The third-order valence-corrected chi connectivity index (χ3v) is 3.26. The molecule has 2 rings (SSSR count). The van der Waals surface area contributed by atoms with Gasteiger partial charge in [0.25, 0.3) is 0 Å². The zero-order chi connectivity index (χ0) is 12.6. The van der Waals surface area contributed by atoms with Crippen molar-refractivity contribution in [1.29, 1.82) is 0 Å². The van der Waals surface area contributed by atoms with Crippen LogP contribution >= 0.6 is 0 Å². The highest BCUT2D eigenvalue weighted by atomic mass is 16.3. The number of aliphatic hydroxyl groups excluding tert-OH is 1. The molecule has 1 aromatic rings. The van der Waals surface area contributed by atoms with Crippen molar-refractivity contribution in [3.05, 3.63) is 31.5 Å².